The number of methoxy groups -OCH3 is 1. The summed E-state index contributed by atoms with van der Waals surface area (Å²) in [6, 6.07) is 11.6. The molecule has 0 saturated carbocycles. The highest BCUT2D eigenvalue weighted by Crippen LogP contribution is 2.36. The number of carbonyl (C=O) groups is 2. The van der Waals surface area contributed by atoms with Crippen molar-refractivity contribution in [3.8, 4) is 17.2 Å². The lowest BCUT2D eigenvalue weighted by Gasteiger charge is -2.33. The summed E-state index contributed by atoms with van der Waals surface area (Å²) in [4.78, 5) is 28.3. The largest absolute Gasteiger partial charge is 0.497 e. The molecule has 214 valence electrons. The second-order valence-corrected chi connectivity index (χ2v) is 12.4. The molecule has 0 bridgehead atoms. The summed E-state index contributed by atoms with van der Waals surface area (Å²) in [5, 5.41) is 2.98. The van der Waals surface area contributed by atoms with Gasteiger partial charge in [0.15, 0.2) is 11.5 Å². The number of amides is 2. The summed E-state index contributed by atoms with van der Waals surface area (Å²) < 4.78 is 42.4. The van der Waals surface area contributed by atoms with E-state index >= 15 is 0 Å². The average Bonchev–Trinajstić information content (AvgIpc) is 3.33. The summed E-state index contributed by atoms with van der Waals surface area (Å²) in [5.41, 5.74) is 0.824. The summed E-state index contributed by atoms with van der Waals surface area (Å²) in [5.74, 6) is 1.25. The molecule has 0 fully saturated rings. The molecule has 3 rings (SSSR count). The number of ether oxygens (including phenoxy) is 3. The zero-order valence-corrected chi connectivity index (χ0v) is 24.3. The molecule has 11 heteroatoms. The third-order valence-electron chi connectivity index (χ3n) is 6.19. The van der Waals surface area contributed by atoms with Gasteiger partial charge in [-0.05, 0) is 63.4 Å². The first-order valence-electron chi connectivity index (χ1n) is 12.9. The lowest BCUT2D eigenvalue weighted by Crippen LogP contribution is -2.53. The van der Waals surface area contributed by atoms with Crippen molar-refractivity contribution in [3.05, 3.63) is 48.0 Å². The van der Waals surface area contributed by atoms with Crippen molar-refractivity contribution in [1.82, 2.24) is 10.2 Å². The van der Waals surface area contributed by atoms with Crippen LogP contribution in [-0.2, 0) is 26.2 Å². The van der Waals surface area contributed by atoms with Crippen molar-refractivity contribution < 1.29 is 32.2 Å². The first kappa shape index (κ1) is 30.1. The lowest BCUT2D eigenvalue weighted by atomic mass is 10.0. The highest BCUT2D eigenvalue weighted by molar-refractivity contribution is 7.92. The molecular weight excluding hydrogens is 522 g/mol. The molecule has 39 heavy (non-hydrogen) atoms. The highest BCUT2D eigenvalue weighted by atomic mass is 32.2. The van der Waals surface area contributed by atoms with Crippen LogP contribution in [0.1, 0.15) is 52.5 Å². The van der Waals surface area contributed by atoms with E-state index < -0.39 is 21.6 Å². The Kier molecular flexibility index (Phi) is 9.71. The molecule has 10 nitrogen and oxygen atoms in total. The third kappa shape index (κ3) is 8.26. The number of hydrogen-bond donors (Lipinski definition) is 1. The Bertz CT molecular complexity index is 1260. The van der Waals surface area contributed by atoms with Gasteiger partial charge in [0.25, 0.3) is 0 Å². The van der Waals surface area contributed by atoms with Crippen LogP contribution < -0.4 is 23.8 Å². The Morgan fingerprint density at radius 2 is 1.74 bits per heavy atom. The second kappa shape index (κ2) is 12.6. The zero-order valence-electron chi connectivity index (χ0n) is 23.5. The van der Waals surface area contributed by atoms with Crippen LogP contribution in [0.15, 0.2) is 42.5 Å². The molecule has 2 aromatic rings. The predicted octanol–water partition coefficient (Wildman–Crippen LogP) is 3.69. The molecule has 0 radical (unpaired) electrons. The van der Waals surface area contributed by atoms with Crippen molar-refractivity contribution >= 4 is 27.5 Å². The number of carbonyl (C=O) groups excluding carboxylic acids is 2. The van der Waals surface area contributed by atoms with E-state index in [2.05, 4.69) is 5.32 Å². The molecule has 0 aromatic heterocycles. The maximum atomic E-state index is 13.6. The monoisotopic (exact) mass is 561 g/mol. The number of sulfonamides is 1. The molecule has 0 saturated heterocycles. The van der Waals surface area contributed by atoms with Crippen LogP contribution in [-0.4, -0.2) is 63.4 Å². The van der Waals surface area contributed by atoms with Gasteiger partial charge in [-0.2, -0.15) is 0 Å². The number of benzene rings is 2. The van der Waals surface area contributed by atoms with Gasteiger partial charge in [0.1, 0.15) is 11.8 Å². The van der Waals surface area contributed by atoms with Crippen LogP contribution in [0, 0.1) is 0 Å². The zero-order chi connectivity index (χ0) is 28.8. The number of nitrogens with zero attached hydrogens (tertiary/aromatic N) is 2. The van der Waals surface area contributed by atoms with E-state index in [0.717, 1.165) is 11.8 Å². The second-order valence-electron chi connectivity index (χ2n) is 10.5. The van der Waals surface area contributed by atoms with Gasteiger partial charge in [-0.25, -0.2) is 8.42 Å². The summed E-state index contributed by atoms with van der Waals surface area (Å²) in [7, 11) is -2.05. The minimum absolute atomic E-state index is 0.0615. The van der Waals surface area contributed by atoms with E-state index in [9.17, 15) is 18.0 Å². The Labute approximate surface area is 231 Å². The van der Waals surface area contributed by atoms with E-state index in [4.69, 9.17) is 14.2 Å². The van der Waals surface area contributed by atoms with Gasteiger partial charge in [0, 0.05) is 31.1 Å². The Balaban J connectivity index is 1.78. The normalized spacial score (nSPS) is 13.5. The number of rotatable bonds is 12. The SMILES string of the molecule is CCC(C(=O)NC(C)(C)C)N(Cc1ccc(OC)cc1)C(=O)CCCN(c1ccc2c(c1)OCO2)S(C)(=O)=O. The van der Waals surface area contributed by atoms with Crippen molar-refractivity contribution in [2.24, 2.45) is 0 Å². The Morgan fingerprint density at radius 1 is 1.08 bits per heavy atom. The maximum Gasteiger partial charge on any atom is 0.243 e. The summed E-state index contributed by atoms with van der Waals surface area (Å²) in [6.45, 7) is 7.95. The highest BCUT2D eigenvalue weighted by Gasteiger charge is 2.31. The van der Waals surface area contributed by atoms with E-state index in [1.807, 2.05) is 52.0 Å². The summed E-state index contributed by atoms with van der Waals surface area (Å²) in [6.07, 6.45) is 1.87. The first-order valence-corrected chi connectivity index (χ1v) is 14.8. The van der Waals surface area contributed by atoms with Gasteiger partial charge in [0.05, 0.1) is 19.1 Å². The fraction of sp³-hybridized carbons (Fsp3) is 0.500. The number of fused-ring (bicyclic) bond motifs is 1. The number of nitrogens with one attached hydrogen (secondary N) is 1. The quantitative estimate of drug-likeness (QED) is 0.420. The molecule has 1 N–H and O–H groups in total. The van der Waals surface area contributed by atoms with Crippen molar-refractivity contribution in [3.63, 3.8) is 0 Å². The molecule has 0 spiro atoms. The molecule has 0 aliphatic carbocycles. The van der Waals surface area contributed by atoms with Crippen LogP contribution in [0.5, 0.6) is 17.2 Å². The molecule has 2 amide bonds. The van der Waals surface area contributed by atoms with Crippen LogP contribution >= 0.6 is 0 Å². The minimum atomic E-state index is -3.63. The lowest BCUT2D eigenvalue weighted by molar-refractivity contribution is -0.142. The van der Waals surface area contributed by atoms with Crippen molar-refractivity contribution in [2.75, 3.05) is 31.0 Å². The van der Waals surface area contributed by atoms with Gasteiger partial charge in [-0.3, -0.25) is 13.9 Å². The smallest absolute Gasteiger partial charge is 0.243 e. The average molecular weight is 562 g/mol. The first-order chi connectivity index (χ1) is 18.3. The fourth-order valence-corrected chi connectivity index (χ4v) is 5.30. The van der Waals surface area contributed by atoms with E-state index in [0.29, 0.717) is 29.4 Å². The van der Waals surface area contributed by atoms with Crippen LogP contribution in [0.25, 0.3) is 0 Å². The third-order valence-corrected chi connectivity index (χ3v) is 7.39. The summed E-state index contributed by atoms with van der Waals surface area (Å²) >= 11 is 0. The fourth-order valence-electron chi connectivity index (χ4n) is 4.34. The molecule has 1 aliphatic heterocycles. The van der Waals surface area contributed by atoms with Crippen LogP contribution in [0.3, 0.4) is 0 Å². The van der Waals surface area contributed by atoms with E-state index in [1.54, 1.807) is 30.2 Å². The van der Waals surface area contributed by atoms with Crippen LogP contribution in [0.2, 0.25) is 0 Å². The molecule has 1 atom stereocenters. The van der Waals surface area contributed by atoms with Gasteiger partial charge >= 0.3 is 0 Å². The minimum Gasteiger partial charge on any atom is -0.497 e. The molecule has 2 aromatic carbocycles. The van der Waals surface area contributed by atoms with Gasteiger partial charge in [0.2, 0.25) is 28.6 Å². The molecular formula is C28H39N3O7S. The predicted molar refractivity (Wildman–Crippen MR) is 150 cm³/mol. The number of hydrogen-bond acceptors (Lipinski definition) is 7. The van der Waals surface area contributed by atoms with Crippen LogP contribution in [0.4, 0.5) is 5.69 Å². The van der Waals surface area contributed by atoms with E-state index in [-0.39, 0.29) is 44.5 Å². The molecule has 1 unspecified atom stereocenters. The Morgan fingerprint density at radius 3 is 2.33 bits per heavy atom. The molecule has 1 heterocycles. The Hall–Kier alpha value is -3.47. The van der Waals surface area contributed by atoms with E-state index in [1.165, 1.54) is 4.31 Å². The topological polar surface area (TPSA) is 114 Å². The standard InChI is InChI=1S/C28H39N3O7S/c1-7-23(27(33)29-28(2,3)4)30(18-20-10-13-22(36-5)14-11-20)26(32)9-8-16-31(39(6,34)35)21-12-15-24-25(17-21)38-19-37-24/h10-15,17,23H,7-9,16,18-19H2,1-6H3,(H,29,33). The van der Waals surface area contributed by atoms with Crippen molar-refractivity contribution in [1.29, 1.82) is 0 Å². The van der Waals surface area contributed by atoms with Gasteiger partial charge in [-0.1, -0.05) is 19.1 Å². The maximum absolute atomic E-state index is 13.6. The van der Waals surface area contributed by atoms with Gasteiger partial charge in [-0.15, -0.1) is 0 Å². The van der Waals surface area contributed by atoms with Crippen molar-refractivity contribution in [2.45, 2.75) is 65.1 Å². The van der Waals surface area contributed by atoms with Gasteiger partial charge < -0.3 is 24.4 Å². The number of anilines is 1. The molecule has 1 aliphatic rings.